The highest BCUT2D eigenvalue weighted by Gasteiger charge is 2.31. The monoisotopic (exact) mass is 288 g/mol. The van der Waals surface area contributed by atoms with Crippen molar-refractivity contribution in [1.29, 1.82) is 0 Å². The fraction of sp³-hybridized carbons (Fsp3) is 0.667. The highest BCUT2D eigenvalue weighted by Crippen LogP contribution is 2.27. The first-order chi connectivity index (χ1) is 10.3. The SMILES string of the molecule is OCC[C@H](NC1CC1)C1CCN(Cc2ccccc2)CC1. The van der Waals surface area contributed by atoms with E-state index in [1.54, 1.807) is 0 Å². The second-order valence-electron chi connectivity index (χ2n) is 6.66. The molecule has 1 aliphatic carbocycles. The number of nitrogens with zero attached hydrogens (tertiary/aromatic N) is 1. The van der Waals surface area contributed by atoms with Crippen molar-refractivity contribution in [1.82, 2.24) is 10.2 Å². The van der Waals surface area contributed by atoms with Gasteiger partial charge in [-0.25, -0.2) is 0 Å². The van der Waals surface area contributed by atoms with Crippen LogP contribution in [0.15, 0.2) is 30.3 Å². The first-order valence-electron chi connectivity index (χ1n) is 8.48. The summed E-state index contributed by atoms with van der Waals surface area (Å²) in [5.41, 5.74) is 1.42. The third kappa shape index (κ3) is 4.53. The molecule has 2 N–H and O–H groups in total. The number of nitrogens with one attached hydrogen (secondary N) is 1. The van der Waals surface area contributed by atoms with E-state index in [0.29, 0.717) is 12.6 Å². The lowest BCUT2D eigenvalue weighted by atomic mass is 9.87. The minimum absolute atomic E-state index is 0.314. The van der Waals surface area contributed by atoms with Gasteiger partial charge in [0.05, 0.1) is 0 Å². The zero-order valence-corrected chi connectivity index (χ0v) is 12.9. The maximum atomic E-state index is 9.30. The van der Waals surface area contributed by atoms with Crippen LogP contribution in [0.1, 0.15) is 37.7 Å². The van der Waals surface area contributed by atoms with Crippen molar-refractivity contribution < 1.29 is 5.11 Å². The average Bonchev–Trinajstić information content (AvgIpc) is 3.33. The Bertz CT molecular complexity index is 410. The molecule has 1 aromatic rings. The smallest absolute Gasteiger partial charge is 0.0445 e. The summed E-state index contributed by atoms with van der Waals surface area (Å²) in [4.78, 5) is 2.57. The molecule has 1 atom stereocenters. The van der Waals surface area contributed by atoms with E-state index in [0.717, 1.165) is 24.9 Å². The van der Waals surface area contributed by atoms with Gasteiger partial charge >= 0.3 is 0 Å². The lowest BCUT2D eigenvalue weighted by Gasteiger charge is -2.36. The van der Waals surface area contributed by atoms with Crippen molar-refractivity contribution in [2.75, 3.05) is 19.7 Å². The Hall–Kier alpha value is -0.900. The number of aliphatic hydroxyl groups excluding tert-OH is 1. The Morgan fingerprint density at radius 2 is 1.81 bits per heavy atom. The van der Waals surface area contributed by atoms with E-state index in [1.807, 2.05) is 0 Å². The fourth-order valence-electron chi connectivity index (χ4n) is 3.50. The van der Waals surface area contributed by atoms with E-state index in [4.69, 9.17) is 0 Å². The summed E-state index contributed by atoms with van der Waals surface area (Å²) >= 11 is 0. The highest BCUT2D eigenvalue weighted by molar-refractivity contribution is 5.14. The normalized spacial score (nSPS) is 22.3. The Morgan fingerprint density at radius 3 is 2.43 bits per heavy atom. The van der Waals surface area contributed by atoms with Crippen LogP contribution in [0, 0.1) is 5.92 Å². The Kier molecular flexibility index (Phi) is 5.28. The first kappa shape index (κ1) is 15.0. The molecule has 116 valence electrons. The summed E-state index contributed by atoms with van der Waals surface area (Å²) in [5, 5.41) is 13.0. The van der Waals surface area contributed by atoms with Gasteiger partial charge in [-0.05, 0) is 56.7 Å². The van der Waals surface area contributed by atoms with E-state index < -0.39 is 0 Å². The van der Waals surface area contributed by atoms with Crippen molar-refractivity contribution in [3.05, 3.63) is 35.9 Å². The number of hydrogen-bond donors (Lipinski definition) is 2. The Morgan fingerprint density at radius 1 is 1.10 bits per heavy atom. The van der Waals surface area contributed by atoms with Crippen LogP contribution in [0.2, 0.25) is 0 Å². The van der Waals surface area contributed by atoms with Crippen molar-refractivity contribution in [2.24, 2.45) is 5.92 Å². The van der Waals surface area contributed by atoms with Gasteiger partial charge in [0, 0.05) is 25.2 Å². The summed E-state index contributed by atoms with van der Waals surface area (Å²) in [6.07, 6.45) is 6.10. The minimum atomic E-state index is 0.314. The molecule has 0 spiro atoms. The molecule has 0 amide bonds. The number of benzene rings is 1. The van der Waals surface area contributed by atoms with Gasteiger partial charge in [0.15, 0.2) is 0 Å². The molecule has 1 heterocycles. The van der Waals surface area contributed by atoms with Gasteiger partial charge < -0.3 is 10.4 Å². The quantitative estimate of drug-likeness (QED) is 0.809. The number of hydrogen-bond acceptors (Lipinski definition) is 3. The van der Waals surface area contributed by atoms with Crippen LogP contribution in [-0.2, 0) is 6.54 Å². The van der Waals surface area contributed by atoms with E-state index in [9.17, 15) is 5.11 Å². The Labute approximate surface area is 128 Å². The maximum absolute atomic E-state index is 9.30. The van der Waals surface area contributed by atoms with Gasteiger partial charge in [0.1, 0.15) is 0 Å². The van der Waals surface area contributed by atoms with Crippen LogP contribution in [0.5, 0.6) is 0 Å². The summed E-state index contributed by atoms with van der Waals surface area (Å²) in [6, 6.07) is 12.0. The molecule has 21 heavy (non-hydrogen) atoms. The van der Waals surface area contributed by atoms with E-state index in [-0.39, 0.29) is 0 Å². The molecule has 1 saturated heterocycles. The molecule has 3 heteroatoms. The number of aliphatic hydroxyl groups is 1. The van der Waals surface area contributed by atoms with Crippen LogP contribution in [0.25, 0.3) is 0 Å². The lowest BCUT2D eigenvalue weighted by molar-refractivity contribution is 0.138. The molecular weight excluding hydrogens is 260 g/mol. The van der Waals surface area contributed by atoms with Gasteiger partial charge in [-0.3, -0.25) is 4.90 Å². The molecule has 0 bridgehead atoms. The first-order valence-corrected chi connectivity index (χ1v) is 8.48. The number of likely N-dealkylation sites (tertiary alicyclic amines) is 1. The largest absolute Gasteiger partial charge is 0.396 e. The van der Waals surface area contributed by atoms with Crippen molar-refractivity contribution in [2.45, 2.75) is 50.7 Å². The van der Waals surface area contributed by atoms with Crippen molar-refractivity contribution in [3.63, 3.8) is 0 Å². The van der Waals surface area contributed by atoms with Crippen LogP contribution >= 0.6 is 0 Å². The van der Waals surface area contributed by atoms with E-state index in [2.05, 4.69) is 40.5 Å². The van der Waals surface area contributed by atoms with E-state index >= 15 is 0 Å². The molecule has 1 saturated carbocycles. The molecule has 1 aromatic carbocycles. The van der Waals surface area contributed by atoms with Crippen LogP contribution < -0.4 is 5.32 Å². The molecule has 0 radical (unpaired) electrons. The highest BCUT2D eigenvalue weighted by atomic mass is 16.3. The molecule has 3 rings (SSSR count). The van der Waals surface area contributed by atoms with Crippen molar-refractivity contribution >= 4 is 0 Å². The predicted octanol–water partition coefficient (Wildman–Crippen LogP) is 2.40. The van der Waals surface area contributed by atoms with Gasteiger partial charge in [0.25, 0.3) is 0 Å². The van der Waals surface area contributed by atoms with Gasteiger partial charge in [-0.2, -0.15) is 0 Å². The number of piperidine rings is 1. The van der Waals surface area contributed by atoms with E-state index in [1.165, 1.54) is 44.3 Å². The lowest BCUT2D eigenvalue weighted by Crippen LogP contribution is -2.44. The standard InChI is InChI=1S/C18H28N2O/c21-13-10-18(19-17-6-7-17)16-8-11-20(12-9-16)14-15-4-2-1-3-5-15/h1-5,16-19,21H,6-14H2/t18-/m0/s1. The summed E-state index contributed by atoms with van der Waals surface area (Å²) < 4.78 is 0. The molecule has 2 fully saturated rings. The third-order valence-electron chi connectivity index (χ3n) is 4.92. The summed E-state index contributed by atoms with van der Waals surface area (Å²) in [5.74, 6) is 0.741. The molecule has 1 aliphatic heterocycles. The third-order valence-corrected chi connectivity index (χ3v) is 4.92. The van der Waals surface area contributed by atoms with Crippen molar-refractivity contribution in [3.8, 4) is 0 Å². The topological polar surface area (TPSA) is 35.5 Å². The fourth-order valence-corrected chi connectivity index (χ4v) is 3.50. The minimum Gasteiger partial charge on any atom is -0.396 e. The molecule has 0 unspecified atom stereocenters. The molecule has 2 aliphatic rings. The second kappa shape index (κ2) is 7.39. The van der Waals surface area contributed by atoms with Gasteiger partial charge in [-0.15, -0.1) is 0 Å². The molecular formula is C18H28N2O. The Balaban J connectivity index is 1.46. The van der Waals surface area contributed by atoms with Crippen LogP contribution in [-0.4, -0.2) is 41.8 Å². The average molecular weight is 288 g/mol. The van der Waals surface area contributed by atoms with Crippen LogP contribution in [0.4, 0.5) is 0 Å². The van der Waals surface area contributed by atoms with Gasteiger partial charge in [-0.1, -0.05) is 30.3 Å². The zero-order valence-electron chi connectivity index (χ0n) is 12.9. The predicted molar refractivity (Wildman–Crippen MR) is 86.1 cm³/mol. The summed E-state index contributed by atoms with van der Waals surface area (Å²) in [7, 11) is 0. The molecule has 0 aromatic heterocycles. The zero-order chi connectivity index (χ0) is 14.5. The maximum Gasteiger partial charge on any atom is 0.0445 e. The molecule has 3 nitrogen and oxygen atoms in total. The second-order valence-corrected chi connectivity index (χ2v) is 6.66. The van der Waals surface area contributed by atoms with Crippen LogP contribution in [0.3, 0.4) is 0 Å². The summed E-state index contributed by atoms with van der Waals surface area (Å²) in [6.45, 7) is 3.77. The van der Waals surface area contributed by atoms with Gasteiger partial charge in [0.2, 0.25) is 0 Å². The number of rotatable bonds is 7.